The molecule has 0 saturated heterocycles. The Bertz CT molecular complexity index is 805. The van der Waals surface area contributed by atoms with Gasteiger partial charge < -0.3 is 19.9 Å². The first-order valence-electron chi connectivity index (χ1n) is 12.3. The van der Waals surface area contributed by atoms with Crippen LogP contribution in [0.15, 0.2) is 0 Å². The molecule has 0 heterocycles. The quantitative estimate of drug-likeness (QED) is 0.319. The molecule has 2 N–H and O–H groups in total. The number of nitrogens with two attached hydrogens (primary N) is 1. The number of hydrogen-bond donors (Lipinski definition) is 1. The van der Waals surface area contributed by atoms with Crippen molar-refractivity contribution < 1.29 is 33.4 Å². The Morgan fingerprint density at radius 2 is 1.56 bits per heavy atom. The molecule has 0 radical (unpaired) electrons. The summed E-state index contributed by atoms with van der Waals surface area (Å²) in [5, 5.41) is 0. The van der Waals surface area contributed by atoms with Crippen molar-refractivity contribution in [2.24, 2.45) is 28.4 Å². The Morgan fingerprint density at radius 3 is 2.06 bits per heavy atom. The van der Waals surface area contributed by atoms with Gasteiger partial charge in [0, 0.05) is 0 Å². The van der Waals surface area contributed by atoms with Crippen LogP contribution in [0.25, 0.3) is 0 Å². The Labute approximate surface area is 202 Å². The van der Waals surface area contributed by atoms with Gasteiger partial charge in [-0.3, -0.25) is 9.59 Å². The zero-order chi connectivity index (χ0) is 25.3. The maximum atomic E-state index is 14.3. The Balaban J connectivity index is 2.01. The smallest absolute Gasteiger partial charge is 0.417 e. The van der Waals surface area contributed by atoms with E-state index in [0.717, 1.165) is 11.3 Å². The molecule has 4 aliphatic carbocycles. The third kappa shape index (κ3) is 5.09. The van der Waals surface area contributed by atoms with E-state index in [9.17, 15) is 19.2 Å². The van der Waals surface area contributed by atoms with Crippen molar-refractivity contribution >= 4 is 23.9 Å². The molecule has 192 valence electrons. The number of ether oxygens (including phenoxy) is 3. The molecule has 3 atom stereocenters. The number of nitrogens with zero attached hydrogens (tertiary/aromatic N) is 1. The normalized spacial score (nSPS) is 30.4. The standard InChI is InChI=1S/C25H40N2O7/c1-23(2,3)34-22(31)27(18(19(28)32-4)8-6-7-9-26)20(29)24-11-16-10-17(12-24)14-25(13-16,15-24)21(30)33-5/h16-18H,6-15,26H2,1-5H3/t16?,17?,18-,24?,25?/m0/s1. The number of imide groups is 1. The molecular formula is C25H40N2O7. The van der Waals surface area contributed by atoms with Crippen LogP contribution in [0.1, 0.15) is 78.6 Å². The van der Waals surface area contributed by atoms with Gasteiger partial charge in [-0.2, -0.15) is 0 Å². The molecule has 4 aliphatic rings. The summed E-state index contributed by atoms with van der Waals surface area (Å²) >= 11 is 0. The van der Waals surface area contributed by atoms with E-state index < -0.39 is 40.4 Å². The average molecular weight is 481 g/mol. The van der Waals surface area contributed by atoms with Gasteiger partial charge in [0.05, 0.1) is 25.0 Å². The molecule has 0 aromatic carbocycles. The highest BCUT2D eigenvalue weighted by Gasteiger charge is 2.65. The number of carbonyl (C=O) groups is 4. The summed E-state index contributed by atoms with van der Waals surface area (Å²) in [6.07, 6.45) is 4.46. The molecule has 4 bridgehead atoms. The van der Waals surface area contributed by atoms with Gasteiger partial charge in [0.1, 0.15) is 11.6 Å². The predicted octanol–water partition coefficient (Wildman–Crippen LogP) is 3.18. The fourth-order valence-corrected chi connectivity index (χ4v) is 6.86. The first-order chi connectivity index (χ1) is 15.9. The van der Waals surface area contributed by atoms with Crippen molar-refractivity contribution in [1.82, 2.24) is 4.90 Å². The highest BCUT2D eigenvalue weighted by molar-refractivity contribution is 6.00. The average Bonchev–Trinajstić information content (AvgIpc) is 2.75. The summed E-state index contributed by atoms with van der Waals surface area (Å²) in [7, 11) is 2.63. The highest BCUT2D eigenvalue weighted by atomic mass is 16.6. The monoisotopic (exact) mass is 480 g/mol. The van der Waals surface area contributed by atoms with E-state index in [0.29, 0.717) is 51.5 Å². The predicted molar refractivity (Wildman–Crippen MR) is 123 cm³/mol. The van der Waals surface area contributed by atoms with Gasteiger partial charge in [0.2, 0.25) is 5.91 Å². The Hall–Kier alpha value is -2.16. The van der Waals surface area contributed by atoms with Crippen molar-refractivity contribution in [1.29, 1.82) is 0 Å². The first kappa shape index (κ1) is 26.4. The minimum atomic E-state index is -1.11. The number of carbonyl (C=O) groups excluding carboxylic acids is 4. The van der Waals surface area contributed by atoms with Crippen LogP contribution in [0, 0.1) is 22.7 Å². The summed E-state index contributed by atoms with van der Waals surface area (Å²) in [5.74, 6) is -0.969. The molecular weight excluding hydrogens is 440 g/mol. The fourth-order valence-electron chi connectivity index (χ4n) is 6.86. The molecule has 2 unspecified atom stereocenters. The van der Waals surface area contributed by atoms with Crippen molar-refractivity contribution in [2.45, 2.75) is 90.2 Å². The van der Waals surface area contributed by atoms with Gasteiger partial charge in [-0.05, 0) is 96.9 Å². The first-order valence-corrected chi connectivity index (χ1v) is 12.3. The lowest BCUT2D eigenvalue weighted by Crippen LogP contribution is -2.63. The summed E-state index contributed by atoms with van der Waals surface area (Å²) in [6.45, 7) is 5.58. The van der Waals surface area contributed by atoms with E-state index >= 15 is 0 Å². The summed E-state index contributed by atoms with van der Waals surface area (Å²) in [5.41, 5.74) is 3.15. The molecule has 0 aliphatic heterocycles. The van der Waals surface area contributed by atoms with E-state index in [2.05, 4.69) is 0 Å². The third-order valence-electron chi connectivity index (χ3n) is 7.66. The Kier molecular flexibility index (Phi) is 7.65. The second kappa shape index (κ2) is 9.84. The second-order valence-electron chi connectivity index (χ2n) is 11.5. The number of esters is 2. The molecule has 0 aromatic rings. The van der Waals surface area contributed by atoms with E-state index in [1.807, 2.05) is 0 Å². The zero-order valence-electron chi connectivity index (χ0n) is 21.2. The van der Waals surface area contributed by atoms with E-state index in [1.165, 1.54) is 14.2 Å². The number of hydrogen-bond acceptors (Lipinski definition) is 8. The summed E-state index contributed by atoms with van der Waals surface area (Å²) in [6, 6.07) is -1.11. The lowest BCUT2D eigenvalue weighted by atomic mass is 9.44. The van der Waals surface area contributed by atoms with Crippen LogP contribution < -0.4 is 5.73 Å². The van der Waals surface area contributed by atoms with Crippen LogP contribution in [0.3, 0.4) is 0 Å². The van der Waals surface area contributed by atoms with Crippen LogP contribution >= 0.6 is 0 Å². The van der Waals surface area contributed by atoms with Gasteiger partial charge >= 0.3 is 18.0 Å². The maximum absolute atomic E-state index is 14.3. The molecule has 2 amide bonds. The van der Waals surface area contributed by atoms with Crippen molar-refractivity contribution in [3.8, 4) is 0 Å². The second-order valence-corrected chi connectivity index (χ2v) is 11.5. The summed E-state index contributed by atoms with van der Waals surface area (Å²) in [4.78, 5) is 54.4. The largest absolute Gasteiger partial charge is 0.469 e. The molecule has 34 heavy (non-hydrogen) atoms. The van der Waals surface area contributed by atoms with Crippen LogP contribution in [-0.4, -0.2) is 61.2 Å². The van der Waals surface area contributed by atoms with Gasteiger partial charge in [0.25, 0.3) is 0 Å². The maximum Gasteiger partial charge on any atom is 0.417 e. The fraction of sp³-hybridized carbons (Fsp3) is 0.840. The molecule has 9 nitrogen and oxygen atoms in total. The van der Waals surface area contributed by atoms with Crippen molar-refractivity contribution in [2.75, 3.05) is 20.8 Å². The van der Waals surface area contributed by atoms with Crippen molar-refractivity contribution in [3.63, 3.8) is 0 Å². The molecule has 4 rings (SSSR count). The van der Waals surface area contributed by atoms with Gasteiger partial charge in [0.15, 0.2) is 0 Å². The minimum absolute atomic E-state index is 0.207. The number of amides is 2. The zero-order valence-corrected chi connectivity index (χ0v) is 21.2. The van der Waals surface area contributed by atoms with Crippen LogP contribution in [-0.2, 0) is 28.6 Å². The number of rotatable bonds is 8. The van der Waals surface area contributed by atoms with Crippen LogP contribution in [0.4, 0.5) is 4.79 Å². The third-order valence-corrected chi connectivity index (χ3v) is 7.66. The number of unbranched alkanes of at least 4 members (excludes halogenated alkanes) is 1. The minimum Gasteiger partial charge on any atom is -0.469 e. The topological polar surface area (TPSA) is 125 Å². The number of methoxy groups -OCH3 is 2. The molecule has 4 fully saturated rings. The van der Waals surface area contributed by atoms with Crippen LogP contribution in [0.2, 0.25) is 0 Å². The molecule has 0 spiro atoms. The van der Waals surface area contributed by atoms with Gasteiger partial charge in [-0.15, -0.1) is 0 Å². The highest BCUT2D eigenvalue weighted by Crippen LogP contribution is 2.66. The molecule has 9 heteroatoms. The van der Waals surface area contributed by atoms with Gasteiger partial charge in [-0.1, -0.05) is 0 Å². The summed E-state index contributed by atoms with van der Waals surface area (Å²) < 4.78 is 15.8. The Morgan fingerprint density at radius 1 is 0.971 bits per heavy atom. The lowest BCUT2D eigenvalue weighted by Gasteiger charge is -2.60. The van der Waals surface area contributed by atoms with Gasteiger partial charge in [-0.25, -0.2) is 14.5 Å². The lowest BCUT2D eigenvalue weighted by molar-refractivity contribution is -0.187. The van der Waals surface area contributed by atoms with Crippen molar-refractivity contribution in [3.05, 3.63) is 0 Å². The van der Waals surface area contributed by atoms with Crippen LogP contribution in [0.5, 0.6) is 0 Å². The van der Waals surface area contributed by atoms with E-state index in [4.69, 9.17) is 19.9 Å². The van der Waals surface area contributed by atoms with E-state index in [1.54, 1.807) is 20.8 Å². The SMILES string of the molecule is COC(=O)[C@H](CCCCN)N(C(=O)OC(C)(C)C)C(=O)C12CC3CC(CC(C(=O)OC)(C3)C1)C2. The molecule has 4 saturated carbocycles. The van der Waals surface area contributed by atoms with E-state index in [-0.39, 0.29) is 24.2 Å². The molecule has 0 aromatic heterocycles.